The van der Waals surface area contributed by atoms with Crippen LogP contribution in [0.2, 0.25) is 0 Å². The number of benzene rings is 2. The number of hydrogen-bond donors (Lipinski definition) is 1. The summed E-state index contributed by atoms with van der Waals surface area (Å²) in [5, 5.41) is 2.16. The SMILES string of the molecule is Cn1c(=O)n(C)c2cc(C[NH2+]Cc3ccc(F)cc3)ccc21. The van der Waals surface area contributed by atoms with Crippen LogP contribution in [-0.4, -0.2) is 9.13 Å². The van der Waals surface area contributed by atoms with E-state index in [0.29, 0.717) is 0 Å². The van der Waals surface area contributed by atoms with Crippen LogP contribution in [0.15, 0.2) is 47.3 Å². The molecule has 5 heteroatoms. The molecule has 0 atom stereocenters. The Balaban J connectivity index is 1.73. The summed E-state index contributed by atoms with van der Waals surface area (Å²) >= 11 is 0. The van der Waals surface area contributed by atoms with Crippen LogP contribution in [0.25, 0.3) is 11.0 Å². The molecule has 0 aliphatic heterocycles. The molecule has 22 heavy (non-hydrogen) atoms. The first-order valence-corrected chi connectivity index (χ1v) is 7.26. The number of aryl methyl sites for hydroxylation is 2. The monoisotopic (exact) mass is 300 g/mol. The zero-order chi connectivity index (χ0) is 15.7. The summed E-state index contributed by atoms with van der Waals surface area (Å²) in [6.07, 6.45) is 0. The van der Waals surface area contributed by atoms with Crippen LogP contribution in [0.3, 0.4) is 0 Å². The maximum Gasteiger partial charge on any atom is 0.328 e. The van der Waals surface area contributed by atoms with Gasteiger partial charge in [0.15, 0.2) is 0 Å². The highest BCUT2D eigenvalue weighted by atomic mass is 19.1. The standard InChI is InChI=1S/C17H18FN3O/c1-20-15-8-5-13(9-16(15)21(2)17(20)22)11-19-10-12-3-6-14(18)7-4-12/h3-9,19H,10-11H2,1-2H3/p+1. The molecular formula is C17H19FN3O+. The van der Waals surface area contributed by atoms with Crippen molar-refractivity contribution < 1.29 is 9.71 Å². The predicted molar refractivity (Wildman–Crippen MR) is 83.9 cm³/mol. The van der Waals surface area contributed by atoms with Gasteiger partial charge in [-0.2, -0.15) is 0 Å². The average molecular weight is 300 g/mol. The third-order valence-corrected chi connectivity index (χ3v) is 4.01. The second-order valence-electron chi connectivity index (χ2n) is 5.55. The first kappa shape index (κ1) is 14.5. The summed E-state index contributed by atoms with van der Waals surface area (Å²) in [7, 11) is 3.57. The van der Waals surface area contributed by atoms with Crippen molar-refractivity contribution in [2.75, 3.05) is 0 Å². The number of fused-ring (bicyclic) bond motifs is 1. The van der Waals surface area contributed by atoms with Crippen LogP contribution in [0.4, 0.5) is 4.39 Å². The van der Waals surface area contributed by atoms with Gasteiger partial charge in [-0.15, -0.1) is 0 Å². The first-order chi connectivity index (χ1) is 10.6. The van der Waals surface area contributed by atoms with Crippen molar-refractivity contribution in [3.05, 3.63) is 69.9 Å². The van der Waals surface area contributed by atoms with Crippen LogP contribution >= 0.6 is 0 Å². The molecular weight excluding hydrogens is 281 g/mol. The van der Waals surface area contributed by atoms with Gasteiger partial charge in [-0.25, -0.2) is 9.18 Å². The molecule has 0 unspecified atom stereocenters. The zero-order valence-corrected chi connectivity index (χ0v) is 12.7. The maximum absolute atomic E-state index is 12.9. The smallest absolute Gasteiger partial charge is 0.328 e. The van der Waals surface area contributed by atoms with Gasteiger partial charge in [-0.05, 0) is 24.3 Å². The quantitative estimate of drug-likeness (QED) is 0.775. The van der Waals surface area contributed by atoms with E-state index in [1.54, 1.807) is 35.4 Å². The van der Waals surface area contributed by atoms with Crippen LogP contribution in [0, 0.1) is 5.82 Å². The maximum atomic E-state index is 12.9. The number of aromatic nitrogens is 2. The summed E-state index contributed by atoms with van der Waals surface area (Å²) in [4.78, 5) is 11.9. The fourth-order valence-corrected chi connectivity index (χ4v) is 2.71. The third kappa shape index (κ3) is 2.67. The van der Waals surface area contributed by atoms with Crippen molar-refractivity contribution >= 4 is 11.0 Å². The van der Waals surface area contributed by atoms with Crippen molar-refractivity contribution in [3.63, 3.8) is 0 Å². The second kappa shape index (κ2) is 5.77. The minimum Gasteiger partial charge on any atom is -0.339 e. The normalized spacial score (nSPS) is 11.2. The number of hydrogen-bond acceptors (Lipinski definition) is 1. The van der Waals surface area contributed by atoms with Gasteiger partial charge in [0.25, 0.3) is 0 Å². The Morgan fingerprint density at radius 3 is 2.23 bits per heavy atom. The van der Waals surface area contributed by atoms with Crippen molar-refractivity contribution in [2.45, 2.75) is 13.1 Å². The topological polar surface area (TPSA) is 43.5 Å². The Bertz CT molecular complexity index is 862. The number of halogens is 1. The van der Waals surface area contributed by atoms with Crippen LogP contribution in [0.5, 0.6) is 0 Å². The minimum atomic E-state index is -0.209. The fourth-order valence-electron chi connectivity index (χ4n) is 2.71. The lowest BCUT2D eigenvalue weighted by Crippen LogP contribution is -2.80. The van der Waals surface area contributed by atoms with Gasteiger partial charge in [-0.1, -0.05) is 18.2 Å². The van der Waals surface area contributed by atoms with Gasteiger partial charge in [0.2, 0.25) is 0 Å². The molecule has 4 nitrogen and oxygen atoms in total. The predicted octanol–water partition coefficient (Wildman–Crippen LogP) is 1.28. The van der Waals surface area contributed by atoms with Crippen molar-refractivity contribution in [1.82, 2.24) is 9.13 Å². The van der Waals surface area contributed by atoms with E-state index in [1.807, 2.05) is 12.1 Å². The number of rotatable bonds is 4. The van der Waals surface area contributed by atoms with E-state index in [2.05, 4.69) is 11.4 Å². The van der Waals surface area contributed by atoms with Gasteiger partial charge in [0.1, 0.15) is 18.9 Å². The van der Waals surface area contributed by atoms with Gasteiger partial charge in [0.05, 0.1) is 11.0 Å². The van der Waals surface area contributed by atoms with Crippen molar-refractivity contribution in [2.24, 2.45) is 14.1 Å². The molecule has 0 amide bonds. The molecule has 3 rings (SSSR count). The van der Waals surface area contributed by atoms with Crippen LogP contribution < -0.4 is 11.0 Å². The van der Waals surface area contributed by atoms with Gasteiger partial charge >= 0.3 is 5.69 Å². The third-order valence-electron chi connectivity index (χ3n) is 4.01. The summed E-state index contributed by atoms with van der Waals surface area (Å²) < 4.78 is 16.2. The highest BCUT2D eigenvalue weighted by molar-refractivity contribution is 5.76. The molecule has 0 bridgehead atoms. The van der Waals surface area contributed by atoms with Gasteiger partial charge in [-0.3, -0.25) is 9.13 Å². The lowest BCUT2D eigenvalue weighted by molar-refractivity contribution is -0.686. The lowest BCUT2D eigenvalue weighted by Gasteiger charge is -2.04. The number of quaternary nitrogens is 1. The molecule has 0 spiro atoms. The van der Waals surface area contributed by atoms with Crippen molar-refractivity contribution in [1.29, 1.82) is 0 Å². The largest absolute Gasteiger partial charge is 0.339 e. The molecule has 0 saturated carbocycles. The second-order valence-corrected chi connectivity index (χ2v) is 5.55. The van der Waals surface area contributed by atoms with E-state index < -0.39 is 0 Å². The van der Waals surface area contributed by atoms with E-state index in [1.165, 1.54) is 12.1 Å². The van der Waals surface area contributed by atoms with Crippen LogP contribution in [-0.2, 0) is 27.2 Å². The number of imidazole rings is 1. The Morgan fingerprint density at radius 2 is 1.50 bits per heavy atom. The summed E-state index contributed by atoms with van der Waals surface area (Å²) in [5.41, 5.74) is 4.13. The summed E-state index contributed by atoms with van der Waals surface area (Å²) in [6.45, 7) is 1.61. The Morgan fingerprint density at radius 1 is 0.909 bits per heavy atom. The molecule has 0 fully saturated rings. The first-order valence-electron chi connectivity index (χ1n) is 7.26. The molecule has 0 aliphatic rings. The minimum absolute atomic E-state index is 0.0116. The number of nitrogens with two attached hydrogens (primary N) is 1. The Hall–Kier alpha value is -2.40. The van der Waals surface area contributed by atoms with E-state index in [4.69, 9.17) is 0 Å². The van der Waals surface area contributed by atoms with Crippen molar-refractivity contribution in [3.8, 4) is 0 Å². The average Bonchev–Trinajstić information content (AvgIpc) is 2.74. The van der Waals surface area contributed by atoms with E-state index in [0.717, 1.165) is 35.2 Å². The molecule has 1 aromatic heterocycles. The fraction of sp³-hybridized carbons (Fsp3) is 0.235. The summed E-state index contributed by atoms with van der Waals surface area (Å²) in [6, 6.07) is 12.6. The van der Waals surface area contributed by atoms with E-state index in [-0.39, 0.29) is 11.5 Å². The molecule has 2 N–H and O–H groups in total. The summed E-state index contributed by atoms with van der Waals surface area (Å²) in [5.74, 6) is -0.209. The molecule has 2 aromatic carbocycles. The van der Waals surface area contributed by atoms with E-state index in [9.17, 15) is 9.18 Å². The van der Waals surface area contributed by atoms with Gasteiger partial charge in [0, 0.05) is 25.2 Å². The molecule has 0 radical (unpaired) electrons. The zero-order valence-electron chi connectivity index (χ0n) is 12.7. The highest BCUT2D eigenvalue weighted by Gasteiger charge is 2.08. The molecule has 0 saturated heterocycles. The van der Waals surface area contributed by atoms with E-state index >= 15 is 0 Å². The highest BCUT2D eigenvalue weighted by Crippen LogP contribution is 2.13. The molecule has 114 valence electrons. The lowest BCUT2D eigenvalue weighted by atomic mass is 10.2. The Kier molecular flexibility index (Phi) is 3.81. The van der Waals surface area contributed by atoms with Gasteiger partial charge < -0.3 is 5.32 Å². The molecule has 1 heterocycles. The molecule has 3 aromatic rings. The number of nitrogens with zero attached hydrogens (tertiary/aromatic N) is 2. The molecule has 0 aliphatic carbocycles. The van der Waals surface area contributed by atoms with Crippen LogP contribution in [0.1, 0.15) is 11.1 Å². The Labute approximate surface area is 127 Å².